The Kier molecular flexibility index (Phi) is 7.39. The van der Waals surface area contributed by atoms with Crippen molar-refractivity contribution in [1.29, 1.82) is 0 Å². The topological polar surface area (TPSA) is 124 Å². The third-order valence-corrected chi connectivity index (χ3v) is 5.77. The van der Waals surface area contributed by atoms with E-state index in [1.807, 2.05) is 0 Å². The predicted octanol–water partition coefficient (Wildman–Crippen LogP) is 3.80. The molecule has 2 heterocycles. The van der Waals surface area contributed by atoms with Crippen LogP contribution in [0, 0.1) is 5.82 Å². The van der Waals surface area contributed by atoms with E-state index in [4.69, 9.17) is 27.8 Å². The minimum absolute atomic E-state index is 0.0316. The number of primary amides is 1. The number of halogens is 4. The van der Waals surface area contributed by atoms with Crippen LogP contribution in [0.25, 0.3) is 0 Å². The minimum Gasteiger partial charge on any atom is -0.472 e. The van der Waals surface area contributed by atoms with Gasteiger partial charge in [-0.2, -0.15) is 0 Å². The first kappa shape index (κ1) is 24.3. The average Bonchev–Trinajstić information content (AvgIpc) is 3.15. The van der Waals surface area contributed by atoms with Crippen molar-refractivity contribution in [2.75, 3.05) is 17.2 Å². The molecule has 1 aromatic carbocycles. The summed E-state index contributed by atoms with van der Waals surface area (Å²) < 4.78 is 43.3. The quantitative estimate of drug-likeness (QED) is 0.429. The maximum absolute atomic E-state index is 14.1. The van der Waals surface area contributed by atoms with Crippen LogP contribution >= 0.6 is 22.9 Å². The first-order chi connectivity index (χ1) is 15.6. The molecule has 0 fully saturated rings. The van der Waals surface area contributed by atoms with E-state index in [0.29, 0.717) is 0 Å². The van der Waals surface area contributed by atoms with Crippen LogP contribution in [0.2, 0.25) is 5.02 Å². The van der Waals surface area contributed by atoms with E-state index in [2.05, 4.69) is 9.97 Å². The number of alkyl halides is 2. The third kappa shape index (κ3) is 5.52. The number of carbonyl (C=O) groups is 2. The first-order valence-corrected chi connectivity index (χ1v) is 10.5. The van der Waals surface area contributed by atoms with Gasteiger partial charge in [-0.05, 0) is 31.2 Å². The smallest absolute Gasteiger partial charge is 0.272 e. The lowest BCUT2D eigenvalue weighted by Gasteiger charge is -2.26. The summed E-state index contributed by atoms with van der Waals surface area (Å²) in [6.45, 7) is 0.653. The number of anilines is 3. The van der Waals surface area contributed by atoms with Crippen LogP contribution < -0.4 is 21.1 Å². The van der Waals surface area contributed by atoms with Gasteiger partial charge in [0, 0.05) is 23.5 Å². The van der Waals surface area contributed by atoms with E-state index in [1.165, 1.54) is 36.1 Å². The molecule has 0 aliphatic rings. The van der Waals surface area contributed by atoms with E-state index in [9.17, 15) is 22.8 Å². The van der Waals surface area contributed by atoms with Crippen molar-refractivity contribution in [2.45, 2.75) is 19.4 Å². The van der Waals surface area contributed by atoms with Crippen molar-refractivity contribution in [2.24, 2.45) is 5.73 Å². The molecule has 33 heavy (non-hydrogen) atoms. The summed E-state index contributed by atoms with van der Waals surface area (Å²) in [6, 6.07) is 5.51. The molecular weight excluding hydrogens is 483 g/mol. The number of nitrogens with two attached hydrogens (primary N) is 2. The number of amides is 1. The van der Waals surface area contributed by atoms with Gasteiger partial charge in [0.1, 0.15) is 22.6 Å². The highest BCUT2D eigenvalue weighted by Gasteiger charge is 2.28. The Morgan fingerprint density at radius 1 is 1.27 bits per heavy atom. The van der Waals surface area contributed by atoms with Crippen molar-refractivity contribution in [3.8, 4) is 5.88 Å². The average molecular weight is 500 g/mol. The number of benzene rings is 1. The van der Waals surface area contributed by atoms with Gasteiger partial charge >= 0.3 is 0 Å². The highest BCUT2D eigenvalue weighted by molar-refractivity contribution is 7.18. The van der Waals surface area contributed by atoms with Crippen LogP contribution in [0.1, 0.15) is 22.2 Å². The molecular formula is C20H17ClF3N5O3S. The zero-order chi connectivity index (χ0) is 24.3. The van der Waals surface area contributed by atoms with Crippen LogP contribution in [0.5, 0.6) is 5.88 Å². The third-order valence-electron chi connectivity index (χ3n) is 4.39. The molecule has 0 radical (unpaired) electrons. The molecule has 3 aromatic rings. The second-order valence-corrected chi connectivity index (χ2v) is 8.06. The summed E-state index contributed by atoms with van der Waals surface area (Å²) in [4.78, 5) is 34.2. The zero-order valence-corrected chi connectivity index (χ0v) is 18.5. The standard InChI is InChI=1S/C20H17ClF3N5O3S/c1-9(19(26)31)29(11-3-4-12(21)13(22)6-11)20-28-18(25)17(33-20)16(30)10-2-5-15(27-7-10)32-8-14(23)24/h2-7,9,14H,8,25H2,1H3,(H2,26,31). The molecule has 0 saturated heterocycles. The van der Waals surface area contributed by atoms with E-state index in [-0.39, 0.29) is 38.0 Å². The predicted molar refractivity (Wildman–Crippen MR) is 118 cm³/mol. The fourth-order valence-corrected chi connectivity index (χ4v) is 3.89. The van der Waals surface area contributed by atoms with Crippen molar-refractivity contribution < 1.29 is 27.5 Å². The Morgan fingerprint density at radius 2 is 2.00 bits per heavy atom. The fourth-order valence-electron chi connectivity index (χ4n) is 2.73. The number of ether oxygens (including phenoxy) is 1. The molecule has 1 amide bonds. The van der Waals surface area contributed by atoms with Crippen LogP contribution in [-0.2, 0) is 4.79 Å². The number of nitrogen functional groups attached to an aromatic ring is 1. The Morgan fingerprint density at radius 3 is 2.58 bits per heavy atom. The maximum Gasteiger partial charge on any atom is 0.272 e. The van der Waals surface area contributed by atoms with E-state index in [1.54, 1.807) is 0 Å². The summed E-state index contributed by atoms with van der Waals surface area (Å²) in [6.07, 6.45) is -1.51. The summed E-state index contributed by atoms with van der Waals surface area (Å²) >= 11 is 6.60. The van der Waals surface area contributed by atoms with Gasteiger partial charge in [0.2, 0.25) is 17.6 Å². The van der Waals surface area contributed by atoms with Crippen LogP contribution in [-0.4, -0.2) is 40.7 Å². The molecule has 1 atom stereocenters. The Labute approximate surface area is 194 Å². The second kappa shape index (κ2) is 10.0. The second-order valence-electron chi connectivity index (χ2n) is 6.67. The number of nitrogens with zero attached hydrogens (tertiary/aromatic N) is 3. The molecule has 174 valence electrons. The lowest BCUT2D eigenvalue weighted by Crippen LogP contribution is -2.40. The van der Waals surface area contributed by atoms with E-state index >= 15 is 0 Å². The fraction of sp³-hybridized carbons (Fsp3) is 0.200. The van der Waals surface area contributed by atoms with Gasteiger partial charge in [-0.15, -0.1) is 0 Å². The van der Waals surface area contributed by atoms with Crippen LogP contribution in [0.15, 0.2) is 36.5 Å². The highest BCUT2D eigenvalue weighted by atomic mass is 35.5. The highest BCUT2D eigenvalue weighted by Crippen LogP contribution is 2.36. The van der Waals surface area contributed by atoms with Crippen molar-refractivity contribution in [1.82, 2.24) is 9.97 Å². The van der Waals surface area contributed by atoms with Crippen molar-refractivity contribution >= 4 is 51.3 Å². The number of hydrogen-bond acceptors (Lipinski definition) is 8. The van der Waals surface area contributed by atoms with Crippen LogP contribution in [0.4, 0.5) is 29.8 Å². The molecule has 1 unspecified atom stereocenters. The first-order valence-electron chi connectivity index (χ1n) is 9.30. The zero-order valence-electron chi connectivity index (χ0n) is 17.0. The maximum atomic E-state index is 14.1. The molecule has 8 nitrogen and oxygen atoms in total. The lowest BCUT2D eigenvalue weighted by atomic mass is 10.1. The SMILES string of the molecule is CC(C(N)=O)N(c1ccc(Cl)c(F)c1)c1nc(N)c(C(=O)c2ccc(OCC(F)F)nc2)s1. The van der Waals surface area contributed by atoms with Gasteiger partial charge < -0.3 is 21.1 Å². The number of pyridine rings is 1. The number of aromatic nitrogens is 2. The van der Waals surface area contributed by atoms with Gasteiger partial charge in [0.05, 0.1) is 5.02 Å². The largest absolute Gasteiger partial charge is 0.472 e. The Bertz CT molecular complexity index is 1180. The minimum atomic E-state index is -2.66. The molecule has 0 bridgehead atoms. The van der Waals surface area contributed by atoms with Gasteiger partial charge in [-0.1, -0.05) is 22.9 Å². The van der Waals surface area contributed by atoms with Gasteiger partial charge in [-0.3, -0.25) is 9.59 Å². The monoisotopic (exact) mass is 499 g/mol. The number of ketones is 1. The van der Waals surface area contributed by atoms with E-state index in [0.717, 1.165) is 23.6 Å². The molecule has 2 aromatic heterocycles. The molecule has 4 N–H and O–H groups in total. The summed E-state index contributed by atoms with van der Waals surface area (Å²) in [5.74, 6) is -2.20. The molecule has 13 heteroatoms. The Balaban J connectivity index is 1.93. The van der Waals surface area contributed by atoms with Gasteiger partial charge in [0.15, 0.2) is 11.7 Å². The summed E-state index contributed by atoms with van der Waals surface area (Å²) in [5.41, 5.74) is 11.7. The summed E-state index contributed by atoms with van der Waals surface area (Å²) in [5, 5.41) is 0.00198. The number of rotatable bonds is 9. The number of hydrogen-bond donors (Lipinski definition) is 2. The number of carbonyl (C=O) groups excluding carboxylic acids is 2. The Hall–Kier alpha value is -3.38. The molecule has 3 rings (SSSR count). The van der Waals surface area contributed by atoms with E-state index < -0.39 is 36.6 Å². The normalized spacial score (nSPS) is 11.9. The van der Waals surface area contributed by atoms with Crippen molar-refractivity contribution in [3.05, 3.63) is 57.8 Å². The molecule has 0 aliphatic heterocycles. The van der Waals surface area contributed by atoms with Gasteiger partial charge in [0.25, 0.3) is 6.43 Å². The van der Waals surface area contributed by atoms with Crippen LogP contribution in [0.3, 0.4) is 0 Å². The number of thiazole rings is 1. The summed E-state index contributed by atoms with van der Waals surface area (Å²) in [7, 11) is 0. The van der Waals surface area contributed by atoms with Gasteiger partial charge in [-0.25, -0.2) is 23.1 Å². The molecule has 0 spiro atoms. The lowest BCUT2D eigenvalue weighted by molar-refractivity contribution is -0.118. The molecule has 0 saturated carbocycles. The molecule has 0 aliphatic carbocycles. The van der Waals surface area contributed by atoms with Crippen molar-refractivity contribution in [3.63, 3.8) is 0 Å².